The molecular weight excluding hydrogens is 142 g/mol. The van der Waals surface area contributed by atoms with Gasteiger partial charge in [0.15, 0.2) is 0 Å². The first-order valence-electron chi connectivity index (χ1n) is 3.88. The van der Waals surface area contributed by atoms with Crippen molar-refractivity contribution in [2.75, 3.05) is 14.1 Å². The predicted molar refractivity (Wildman–Crippen MR) is 42.4 cm³/mol. The Morgan fingerprint density at radius 2 is 1.91 bits per heavy atom. The minimum Gasteiger partial charge on any atom is -0.313 e. The van der Waals surface area contributed by atoms with Gasteiger partial charge >= 0.3 is 0 Å². The van der Waals surface area contributed by atoms with Crippen LogP contribution < -0.4 is 21.7 Å². The van der Waals surface area contributed by atoms with Crippen molar-refractivity contribution in [3.63, 3.8) is 0 Å². The van der Waals surface area contributed by atoms with Gasteiger partial charge in [-0.15, -0.1) is 0 Å². The highest BCUT2D eigenvalue weighted by Crippen LogP contribution is 2.12. The maximum atomic E-state index is 5.55. The maximum absolute atomic E-state index is 5.55. The van der Waals surface area contributed by atoms with Crippen LogP contribution in [0.25, 0.3) is 0 Å². The van der Waals surface area contributed by atoms with E-state index in [0.717, 1.165) is 0 Å². The van der Waals surface area contributed by atoms with E-state index in [1.54, 1.807) is 0 Å². The average molecular weight is 157 g/mol. The third-order valence-electron chi connectivity index (χ3n) is 2.09. The third kappa shape index (κ3) is 1.52. The minimum atomic E-state index is 0.153. The number of nitrogens with two attached hydrogens (primary N) is 1. The lowest BCUT2D eigenvalue weighted by Gasteiger charge is -2.05. The standard InChI is InChI=1S/C6H15N5/c1-11(2)6-5(10-6)9-4-3(7)8-4/h3-6,8-10H,7H2,1-2H3. The van der Waals surface area contributed by atoms with Crippen molar-refractivity contribution >= 4 is 0 Å². The molecule has 2 aliphatic rings. The quantitative estimate of drug-likeness (QED) is 0.343. The number of nitrogens with zero attached hydrogens (tertiary/aromatic N) is 1. The summed E-state index contributed by atoms with van der Waals surface area (Å²) >= 11 is 0. The second kappa shape index (κ2) is 2.40. The van der Waals surface area contributed by atoms with Crippen molar-refractivity contribution in [2.45, 2.75) is 24.7 Å². The fourth-order valence-electron chi connectivity index (χ4n) is 1.21. The van der Waals surface area contributed by atoms with Crippen LogP contribution in [-0.4, -0.2) is 43.7 Å². The second-order valence-corrected chi connectivity index (χ2v) is 3.39. The summed E-state index contributed by atoms with van der Waals surface area (Å²) in [6.07, 6.45) is 1.36. The summed E-state index contributed by atoms with van der Waals surface area (Å²) < 4.78 is 0. The Bertz CT molecular complexity index is 159. The van der Waals surface area contributed by atoms with E-state index >= 15 is 0 Å². The first-order chi connectivity index (χ1) is 5.18. The van der Waals surface area contributed by atoms with Gasteiger partial charge in [0, 0.05) is 0 Å². The Morgan fingerprint density at radius 3 is 2.27 bits per heavy atom. The van der Waals surface area contributed by atoms with Gasteiger partial charge in [-0.2, -0.15) is 0 Å². The van der Waals surface area contributed by atoms with Crippen LogP contribution >= 0.6 is 0 Å². The lowest BCUT2D eigenvalue weighted by Crippen LogP contribution is -2.31. The van der Waals surface area contributed by atoms with Crippen molar-refractivity contribution in [1.82, 2.24) is 20.9 Å². The Hall–Kier alpha value is -0.200. The molecule has 0 aromatic carbocycles. The van der Waals surface area contributed by atoms with Gasteiger partial charge in [0.1, 0.15) is 0 Å². The molecule has 11 heavy (non-hydrogen) atoms. The van der Waals surface area contributed by atoms with Gasteiger partial charge in [-0.25, -0.2) is 0 Å². The highest BCUT2D eigenvalue weighted by Gasteiger charge is 2.44. The molecular formula is C6H15N5. The zero-order chi connectivity index (χ0) is 8.01. The summed E-state index contributed by atoms with van der Waals surface area (Å²) in [7, 11) is 4.11. The van der Waals surface area contributed by atoms with Gasteiger partial charge in [-0.1, -0.05) is 0 Å². The predicted octanol–water partition coefficient (Wildman–Crippen LogP) is -2.39. The zero-order valence-corrected chi connectivity index (χ0v) is 6.83. The van der Waals surface area contributed by atoms with E-state index in [4.69, 9.17) is 5.73 Å². The van der Waals surface area contributed by atoms with Gasteiger partial charge in [-0.05, 0) is 14.1 Å². The van der Waals surface area contributed by atoms with Gasteiger partial charge in [0.25, 0.3) is 0 Å². The summed E-state index contributed by atoms with van der Waals surface area (Å²) in [5.41, 5.74) is 5.55. The fourth-order valence-corrected chi connectivity index (χ4v) is 1.21. The maximum Gasteiger partial charge on any atom is 0.0900 e. The third-order valence-corrected chi connectivity index (χ3v) is 2.09. The van der Waals surface area contributed by atoms with E-state index in [1.807, 2.05) is 0 Å². The van der Waals surface area contributed by atoms with Crippen molar-refractivity contribution in [2.24, 2.45) is 5.73 Å². The SMILES string of the molecule is CN(C)C1NC1NC1NC1N. The topological polar surface area (TPSA) is 85.2 Å². The summed E-state index contributed by atoms with van der Waals surface area (Å²) in [5.74, 6) is 0. The van der Waals surface area contributed by atoms with Crippen LogP contribution in [0.3, 0.4) is 0 Å². The van der Waals surface area contributed by atoms with Crippen molar-refractivity contribution < 1.29 is 0 Å². The molecule has 0 saturated carbocycles. The van der Waals surface area contributed by atoms with Crippen LogP contribution in [-0.2, 0) is 0 Å². The molecule has 5 N–H and O–H groups in total. The molecule has 5 nitrogen and oxygen atoms in total. The first-order valence-corrected chi connectivity index (χ1v) is 3.88. The number of hydrogen-bond donors (Lipinski definition) is 4. The smallest absolute Gasteiger partial charge is 0.0900 e. The Balaban J connectivity index is 1.68. The Kier molecular flexibility index (Phi) is 1.62. The van der Waals surface area contributed by atoms with Crippen LogP contribution in [0, 0.1) is 0 Å². The molecule has 2 fully saturated rings. The normalized spacial score (nSPS) is 48.0. The molecule has 2 aliphatic heterocycles. The fraction of sp³-hybridized carbons (Fsp3) is 1.00. The van der Waals surface area contributed by atoms with Crippen LogP contribution in [0.5, 0.6) is 0 Å². The lowest BCUT2D eigenvalue weighted by atomic mass is 10.5. The van der Waals surface area contributed by atoms with Crippen LogP contribution in [0.1, 0.15) is 0 Å². The summed E-state index contributed by atoms with van der Waals surface area (Å²) in [6.45, 7) is 0. The van der Waals surface area contributed by atoms with E-state index in [0.29, 0.717) is 18.5 Å². The molecule has 64 valence electrons. The summed E-state index contributed by atoms with van der Waals surface area (Å²) in [6, 6.07) is 0. The summed E-state index contributed by atoms with van der Waals surface area (Å²) in [4.78, 5) is 2.14. The van der Waals surface area contributed by atoms with E-state index in [1.165, 1.54) is 0 Å². The largest absolute Gasteiger partial charge is 0.313 e. The average Bonchev–Trinajstić information content (AvgIpc) is 2.75. The lowest BCUT2D eigenvalue weighted by molar-refractivity contribution is 0.374. The van der Waals surface area contributed by atoms with Crippen LogP contribution in [0.2, 0.25) is 0 Å². The van der Waals surface area contributed by atoms with Crippen molar-refractivity contribution in [3.8, 4) is 0 Å². The molecule has 0 radical (unpaired) electrons. The second-order valence-electron chi connectivity index (χ2n) is 3.39. The molecule has 5 heteroatoms. The van der Waals surface area contributed by atoms with Gasteiger partial charge in [0.2, 0.25) is 0 Å². The van der Waals surface area contributed by atoms with Gasteiger partial charge < -0.3 is 5.73 Å². The monoisotopic (exact) mass is 157 g/mol. The molecule has 2 rings (SSSR count). The number of rotatable bonds is 3. The number of nitrogens with one attached hydrogen (secondary N) is 3. The van der Waals surface area contributed by atoms with E-state index in [2.05, 4.69) is 34.9 Å². The molecule has 2 saturated heterocycles. The molecule has 0 aromatic rings. The molecule has 0 aliphatic carbocycles. The number of likely N-dealkylation sites (N-methyl/N-ethyl adjacent to an activating group) is 1. The van der Waals surface area contributed by atoms with Crippen LogP contribution in [0.15, 0.2) is 0 Å². The van der Waals surface area contributed by atoms with Crippen molar-refractivity contribution in [3.05, 3.63) is 0 Å². The highest BCUT2D eigenvalue weighted by atomic mass is 15.5. The molecule has 0 spiro atoms. The highest BCUT2D eigenvalue weighted by molar-refractivity contribution is 5.01. The van der Waals surface area contributed by atoms with E-state index in [-0.39, 0.29) is 6.17 Å². The van der Waals surface area contributed by atoms with E-state index < -0.39 is 0 Å². The molecule has 0 aromatic heterocycles. The van der Waals surface area contributed by atoms with E-state index in [9.17, 15) is 0 Å². The van der Waals surface area contributed by atoms with Crippen molar-refractivity contribution in [1.29, 1.82) is 0 Å². The molecule has 2 heterocycles. The number of hydrogen-bond acceptors (Lipinski definition) is 5. The van der Waals surface area contributed by atoms with Crippen LogP contribution in [0.4, 0.5) is 0 Å². The Labute approximate surface area is 66.3 Å². The molecule has 4 atom stereocenters. The first kappa shape index (κ1) is 7.45. The summed E-state index contributed by atoms with van der Waals surface area (Å²) in [5, 5.41) is 9.67. The minimum absolute atomic E-state index is 0.153. The molecule has 0 amide bonds. The molecule has 0 bridgehead atoms. The Morgan fingerprint density at radius 1 is 1.27 bits per heavy atom. The van der Waals surface area contributed by atoms with Gasteiger partial charge in [0.05, 0.1) is 24.7 Å². The molecule has 4 unspecified atom stereocenters. The van der Waals surface area contributed by atoms with Gasteiger partial charge in [-0.3, -0.25) is 20.9 Å². The zero-order valence-electron chi connectivity index (χ0n) is 6.83.